The number of aromatic amines is 1. The Kier molecular flexibility index (Phi) is 5.18. The predicted octanol–water partition coefficient (Wildman–Crippen LogP) is 2.44. The van der Waals surface area contributed by atoms with Gasteiger partial charge in [-0.1, -0.05) is 20.3 Å². The molecule has 0 aromatic carbocycles. The molecule has 0 aliphatic rings. The molecular formula is C12H22N2O2S. The Morgan fingerprint density at radius 1 is 1.53 bits per heavy atom. The van der Waals surface area contributed by atoms with E-state index in [1.807, 2.05) is 11.8 Å². The van der Waals surface area contributed by atoms with Crippen LogP contribution in [0.3, 0.4) is 0 Å². The van der Waals surface area contributed by atoms with E-state index < -0.39 is 0 Å². The van der Waals surface area contributed by atoms with Crippen molar-refractivity contribution in [2.75, 3.05) is 12.0 Å². The molecular weight excluding hydrogens is 236 g/mol. The van der Waals surface area contributed by atoms with Crippen LogP contribution in [0.25, 0.3) is 0 Å². The lowest BCUT2D eigenvalue weighted by Gasteiger charge is -2.29. The van der Waals surface area contributed by atoms with Gasteiger partial charge >= 0.3 is 5.69 Å². The van der Waals surface area contributed by atoms with Gasteiger partial charge in [0.1, 0.15) is 0 Å². The summed E-state index contributed by atoms with van der Waals surface area (Å²) >= 11 is 1.83. The third-order valence-corrected chi connectivity index (χ3v) is 3.70. The second-order valence-corrected chi connectivity index (χ2v) is 5.86. The SMILES string of the molecule is CCCC(C)(CCSC)Cn1cc(O)[nH]c1=O. The average Bonchev–Trinajstić information content (AvgIpc) is 2.55. The van der Waals surface area contributed by atoms with Gasteiger partial charge in [-0.25, -0.2) is 4.79 Å². The first-order valence-electron chi connectivity index (χ1n) is 5.98. The summed E-state index contributed by atoms with van der Waals surface area (Å²) in [5.41, 5.74) is -0.107. The molecule has 4 nitrogen and oxygen atoms in total. The highest BCUT2D eigenvalue weighted by Crippen LogP contribution is 2.30. The minimum atomic E-state index is -0.228. The van der Waals surface area contributed by atoms with Crippen molar-refractivity contribution in [3.05, 3.63) is 16.7 Å². The largest absolute Gasteiger partial charge is 0.493 e. The van der Waals surface area contributed by atoms with E-state index in [2.05, 4.69) is 25.1 Å². The van der Waals surface area contributed by atoms with Crippen molar-refractivity contribution < 1.29 is 5.11 Å². The van der Waals surface area contributed by atoms with Gasteiger partial charge in [0.25, 0.3) is 0 Å². The molecule has 1 aromatic rings. The van der Waals surface area contributed by atoms with Crippen LogP contribution in [-0.4, -0.2) is 26.7 Å². The van der Waals surface area contributed by atoms with E-state index in [4.69, 9.17) is 0 Å². The van der Waals surface area contributed by atoms with Crippen LogP contribution in [0.2, 0.25) is 0 Å². The van der Waals surface area contributed by atoms with Crippen molar-refractivity contribution in [3.8, 4) is 5.88 Å². The molecule has 0 saturated carbocycles. The molecule has 0 spiro atoms. The molecule has 0 amide bonds. The number of nitrogens with one attached hydrogen (secondary N) is 1. The molecule has 2 N–H and O–H groups in total. The Morgan fingerprint density at radius 2 is 2.24 bits per heavy atom. The molecule has 1 rings (SSSR count). The number of hydrogen-bond donors (Lipinski definition) is 2. The van der Waals surface area contributed by atoms with Crippen molar-refractivity contribution in [3.63, 3.8) is 0 Å². The lowest BCUT2D eigenvalue weighted by atomic mass is 9.83. The highest BCUT2D eigenvalue weighted by Gasteiger charge is 2.24. The van der Waals surface area contributed by atoms with Crippen LogP contribution < -0.4 is 5.69 Å². The van der Waals surface area contributed by atoms with E-state index in [1.165, 1.54) is 6.20 Å². The van der Waals surface area contributed by atoms with Crippen molar-refractivity contribution in [1.29, 1.82) is 0 Å². The molecule has 1 heterocycles. The second kappa shape index (κ2) is 6.19. The summed E-state index contributed by atoms with van der Waals surface area (Å²) in [4.78, 5) is 13.9. The van der Waals surface area contributed by atoms with E-state index in [9.17, 15) is 9.90 Å². The maximum Gasteiger partial charge on any atom is 0.328 e. The van der Waals surface area contributed by atoms with Gasteiger partial charge in [0.15, 0.2) is 0 Å². The maximum absolute atomic E-state index is 11.5. The minimum Gasteiger partial charge on any atom is -0.493 e. The molecule has 0 saturated heterocycles. The van der Waals surface area contributed by atoms with E-state index in [-0.39, 0.29) is 17.0 Å². The number of aromatic hydroxyl groups is 1. The van der Waals surface area contributed by atoms with Crippen LogP contribution in [0, 0.1) is 5.41 Å². The number of hydrogen-bond acceptors (Lipinski definition) is 3. The van der Waals surface area contributed by atoms with Crippen LogP contribution >= 0.6 is 11.8 Å². The number of imidazole rings is 1. The van der Waals surface area contributed by atoms with Crippen molar-refractivity contribution in [1.82, 2.24) is 9.55 Å². The normalized spacial score (nSPS) is 14.8. The van der Waals surface area contributed by atoms with Crippen molar-refractivity contribution in [2.45, 2.75) is 39.7 Å². The molecule has 0 bridgehead atoms. The van der Waals surface area contributed by atoms with Gasteiger partial charge in [0.05, 0.1) is 6.20 Å². The summed E-state index contributed by atoms with van der Waals surface area (Å²) in [6.45, 7) is 5.04. The Hall–Kier alpha value is -0.840. The second-order valence-electron chi connectivity index (χ2n) is 4.88. The molecule has 1 aromatic heterocycles. The van der Waals surface area contributed by atoms with Gasteiger partial charge in [-0.15, -0.1) is 0 Å². The van der Waals surface area contributed by atoms with E-state index in [0.29, 0.717) is 6.54 Å². The first-order chi connectivity index (χ1) is 8.00. The summed E-state index contributed by atoms with van der Waals surface area (Å²) in [6.07, 6.45) is 6.86. The quantitative estimate of drug-likeness (QED) is 0.789. The van der Waals surface area contributed by atoms with Gasteiger partial charge in [-0.2, -0.15) is 11.8 Å². The van der Waals surface area contributed by atoms with Gasteiger partial charge in [0.2, 0.25) is 5.88 Å². The minimum absolute atomic E-state index is 0.0567. The standard InChI is InChI=1S/C12H22N2O2S/c1-4-5-12(2,6-7-17-3)9-14-8-10(15)13-11(14)16/h8,15H,4-7,9H2,1-3H3,(H,13,16). The predicted molar refractivity (Wildman–Crippen MR) is 72.7 cm³/mol. The Labute approximate surface area is 106 Å². The van der Waals surface area contributed by atoms with Crippen molar-refractivity contribution >= 4 is 11.8 Å². The lowest BCUT2D eigenvalue weighted by molar-refractivity contribution is 0.236. The first kappa shape index (κ1) is 14.2. The average molecular weight is 258 g/mol. The van der Waals surface area contributed by atoms with Crippen LogP contribution in [-0.2, 0) is 6.54 Å². The van der Waals surface area contributed by atoms with Gasteiger partial charge < -0.3 is 5.11 Å². The summed E-state index contributed by atoms with van der Waals surface area (Å²) < 4.78 is 1.57. The fraction of sp³-hybridized carbons (Fsp3) is 0.750. The summed E-state index contributed by atoms with van der Waals surface area (Å²) in [7, 11) is 0. The van der Waals surface area contributed by atoms with E-state index >= 15 is 0 Å². The first-order valence-corrected chi connectivity index (χ1v) is 7.37. The van der Waals surface area contributed by atoms with Crippen molar-refractivity contribution in [2.24, 2.45) is 5.41 Å². The van der Waals surface area contributed by atoms with Gasteiger partial charge in [-0.3, -0.25) is 9.55 Å². The third-order valence-electron chi connectivity index (χ3n) is 3.09. The fourth-order valence-corrected chi connectivity index (χ4v) is 2.88. The molecule has 98 valence electrons. The third kappa shape index (κ3) is 4.15. The molecule has 17 heavy (non-hydrogen) atoms. The molecule has 0 fully saturated rings. The number of nitrogens with zero attached hydrogens (tertiary/aromatic N) is 1. The summed E-state index contributed by atoms with van der Waals surface area (Å²) in [5, 5.41) is 9.26. The number of H-pyrrole nitrogens is 1. The van der Waals surface area contributed by atoms with E-state index in [1.54, 1.807) is 4.57 Å². The zero-order valence-electron chi connectivity index (χ0n) is 10.8. The van der Waals surface area contributed by atoms with Crippen LogP contribution in [0.1, 0.15) is 33.1 Å². The fourth-order valence-electron chi connectivity index (χ4n) is 2.18. The smallest absolute Gasteiger partial charge is 0.328 e. The molecule has 1 unspecified atom stereocenters. The Morgan fingerprint density at radius 3 is 2.71 bits per heavy atom. The Balaban J connectivity index is 2.78. The summed E-state index contributed by atoms with van der Waals surface area (Å²) in [6, 6.07) is 0. The molecule has 0 aliphatic heterocycles. The lowest BCUT2D eigenvalue weighted by Crippen LogP contribution is -2.29. The van der Waals surface area contributed by atoms with Crippen LogP contribution in [0.4, 0.5) is 0 Å². The zero-order chi connectivity index (χ0) is 12.9. The van der Waals surface area contributed by atoms with Crippen LogP contribution in [0.15, 0.2) is 11.0 Å². The maximum atomic E-state index is 11.5. The summed E-state index contributed by atoms with van der Waals surface area (Å²) in [5.74, 6) is 1.04. The topological polar surface area (TPSA) is 58.0 Å². The number of rotatable bonds is 7. The molecule has 0 aliphatic carbocycles. The monoisotopic (exact) mass is 258 g/mol. The van der Waals surface area contributed by atoms with Gasteiger partial charge in [0, 0.05) is 6.54 Å². The number of thioether (sulfide) groups is 1. The molecule has 1 atom stereocenters. The van der Waals surface area contributed by atoms with E-state index in [0.717, 1.165) is 25.0 Å². The highest BCUT2D eigenvalue weighted by molar-refractivity contribution is 7.98. The van der Waals surface area contributed by atoms with Gasteiger partial charge in [-0.05, 0) is 30.3 Å². The Bertz CT molecular complexity index is 399. The molecule has 0 radical (unpaired) electrons. The van der Waals surface area contributed by atoms with Crippen LogP contribution in [0.5, 0.6) is 5.88 Å². The molecule has 5 heteroatoms. The number of aromatic nitrogens is 2. The highest BCUT2D eigenvalue weighted by atomic mass is 32.2. The zero-order valence-corrected chi connectivity index (χ0v) is 11.6.